The molecule has 130 valence electrons. The van der Waals surface area contributed by atoms with Gasteiger partial charge in [0.05, 0.1) is 5.02 Å². The molecule has 4 aromatic rings. The van der Waals surface area contributed by atoms with Gasteiger partial charge in [-0.15, -0.1) is 0 Å². The highest BCUT2D eigenvalue weighted by Crippen LogP contribution is 2.39. The Bertz CT molecular complexity index is 1090. The van der Waals surface area contributed by atoms with E-state index in [1.54, 1.807) is 0 Å². The van der Waals surface area contributed by atoms with Gasteiger partial charge in [-0.2, -0.15) is 0 Å². The molecule has 0 saturated heterocycles. The van der Waals surface area contributed by atoms with Crippen LogP contribution in [0.15, 0.2) is 60.9 Å². The van der Waals surface area contributed by atoms with Crippen molar-refractivity contribution >= 4 is 34.2 Å². The third kappa shape index (κ3) is 2.87. The Morgan fingerprint density at radius 3 is 2.58 bits per heavy atom. The summed E-state index contributed by atoms with van der Waals surface area (Å²) in [6, 6.07) is 15.0. The maximum atomic E-state index is 13.9. The molecule has 1 atom stereocenters. The predicted octanol–water partition coefficient (Wildman–Crippen LogP) is 6.83. The molecule has 0 bridgehead atoms. The first-order chi connectivity index (χ1) is 12.6. The van der Waals surface area contributed by atoms with Crippen molar-refractivity contribution in [3.8, 4) is 11.1 Å². The molecule has 0 aliphatic carbocycles. The van der Waals surface area contributed by atoms with Gasteiger partial charge >= 0.3 is 0 Å². The molecule has 2 heterocycles. The molecule has 0 spiro atoms. The third-order valence-corrected chi connectivity index (χ3v) is 5.36. The number of hydrogen-bond donors (Lipinski definition) is 1. The molecule has 0 fully saturated rings. The number of aromatic nitrogens is 2. The van der Waals surface area contributed by atoms with Gasteiger partial charge in [0.25, 0.3) is 0 Å². The first-order valence-corrected chi connectivity index (χ1v) is 8.97. The summed E-state index contributed by atoms with van der Waals surface area (Å²) in [5.74, 6) is -0.659. The van der Waals surface area contributed by atoms with Crippen molar-refractivity contribution in [1.29, 1.82) is 0 Å². The van der Waals surface area contributed by atoms with Gasteiger partial charge in [-0.3, -0.25) is 0 Å². The molecule has 2 nitrogen and oxygen atoms in total. The van der Waals surface area contributed by atoms with Gasteiger partial charge in [-0.25, -0.2) is 9.37 Å². The van der Waals surface area contributed by atoms with E-state index < -0.39 is 5.82 Å². The van der Waals surface area contributed by atoms with Gasteiger partial charge < -0.3 is 4.98 Å². The number of aromatic amines is 1. The molecule has 0 radical (unpaired) electrons. The van der Waals surface area contributed by atoms with Crippen LogP contribution in [-0.2, 0) is 0 Å². The number of hydrogen-bond acceptors (Lipinski definition) is 1. The van der Waals surface area contributed by atoms with E-state index in [4.69, 9.17) is 23.2 Å². The average molecular weight is 385 g/mol. The Labute approximate surface area is 160 Å². The lowest BCUT2D eigenvalue weighted by Gasteiger charge is -2.15. The molecule has 0 aliphatic rings. The summed E-state index contributed by atoms with van der Waals surface area (Å²) in [6.45, 7) is 1.96. The minimum atomic E-state index is -0.471. The zero-order valence-corrected chi connectivity index (χ0v) is 15.4. The molecule has 0 saturated carbocycles. The van der Waals surface area contributed by atoms with Crippen molar-refractivity contribution in [2.75, 3.05) is 0 Å². The Morgan fingerprint density at radius 2 is 1.81 bits per heavy atom. The van der Waals surface area contributed by atoms with Crippen LogP contribution in [0.3, 0.4) is 0 Å². The first-order valence-electron chi connectivity index (χ1n) is 8.22. The van der Waals surface area contributed by atoms with E-state index in [2.05, 4.69) is 16.0 Å². The second-order valence-electron chi connectivity index (χ2n) is 6.21. The minimum absolute atomic E-state index is 0.0616. The molecule has 0 aliphatic heterocycles. The molecular weight excluding hydrogens is 370 g/mol. The van der Waals surface area contributed by atoms with Crippen LogP contribution in [-0.4, -0.2) is 9.97 Å². The average Bonchev–Trinajstić information content (AvgIpc) is 3.09. The van der Waals surface area contributed by atoms with Crippen molar-refractivity contribution in [3.63, 3.8) is 0 Å². The lowest BCUT2D eigenvalue weighted by Crippen LogP contribution is -1.99. The number of halogens is 3. The second-order valence-corrected chi connectivity index (χ2v) is 6.99. The largest absolute Gasteiger partial charge is 0.346 e. The van der Waals surface area contributed by atoms with Crippen LogP contribution in [0.5, 0.6) is 0 Å². The Kier molecular flexibility index (Phi) is 4.43. The predicted molar refractivity (Wildman–Crippen MR) is 105 cm³/mol. The van der Waals surface area contributed by atoms with Crippen LogP contribution >= 0.6 is 23.2 Å². The summed E-state index contributed by atoms with van der Waals surface area (Å²) in [5.41, 5.74) is 4.43. The van der Waals surface area contributed by atoms with E-state index in [1.165, 1.54) is 12.1 Å². The van der Waals surface area contributed by atoms with Crippen molar-refractivity contribution in [3.05, 3.63) is 87.9 Å². The summed E-state index contributed by atoms with van der Waals surface area (Å²) < 4.78 is 13.9. The van der Waals surface area contributed by atoms with Crippen LogP contribution in [0.2, 0.25) is 10.0 Å². The molecule has 5 heteroatoms. The van der Waals surface area contributed by atoms with E-state index in [-0.39, 0.29) is 10.9 Å². The Balaban J connectivity index is 1.86. The number of pyridine rings is 1. The lowest BCUT2D eigenvalue weighted by molar-refractivity contribution is 0.625. The number of rotatable bonds is 3. The fourth-order valence-corrected chi connectivity index (χ4v) is 3.96. The molecule has 0 amide bonds. The number of nitrogens with one attached hydrogen (secondary N) is 1. The minimum Gasteiger partial charge on any atom is -0.346 e. The van der Waals surface area contributed by atoms with E-state index >= 15 is 0 Å². The van der Waals surface area contributed by atoms with Crippen LogP contribution in [0, 0.1) is 5.82 Å². The molecule has 2 aromatic carbocycles. The molecule has 1 N–H and O–H groups in total. The zero-order chi connectivity index (χ0) is 18.3. The quantitative estimate of drug-likeness (QED) is 0.385. The van der Waals surface area contributed by atoms with Crippen LogP contribution in [0.25, 0.3) is 22.2 Å². The van der Waals surface area contributed by atoms with Crippen molar-refractivity contribution in [2.24, 2.45) is 0 Å². The smallest absolute Gasteiger partial charge is 0.142 e. The monoisotopic (exact) mass is 384 g/mol. The molecule has 1 unspecified atom stereocenters. The SMILES string of the molecule is CC(c1c(Cl)ccc(F)c1Cl)c1c[nH]c2ncc(-c3ccccc3)cc12. The highest BCUT2D eigenvalue weighted by molar-refractivity contribution is 6.36. The van der Waals surface area contributed by atoms with Gasteiger partial charge in [0.15, 0.2) is 0 Å². The van der Waals surface area contributed by atoms with Gasteiger partial charge in [0.1, 0.15) is 11.5 Å². The van der Waals surface area contributed by atoms with Crippen molar-refractivity contribution < 1.29 is 4.39 Å². The van der Waals surface area contributed by atoms with Gasteiger partial charge in [-0.1, -0.05) is 60.5 Å². The fourth-order valence-electron chi connectivity index (χ4n) is 3.27. The number of fused-ring (bicyclic) bond motifs is 1. The lowest BCUT2D eigenvalue weighted by atomic mass is 9.92. The molecular formula is C21H15Cl2FN2. The Hall–Kier alpha value is -2.36. The molecule has 2 aromatic heterocycles. The first kappa shape index (κ1) is 17.1. The van der Waals surface area contributed by atoms with E-state index in [9.17, 15) is 4.39 Å². The Morgan fingerprint density at radius 1 is 1.04 bits per heavy atom. The van der Waals surface area contributed by atoms with Gasteiger partial charge in [-0.05, 0) is 34.9 Å². The molecule has 26 heavy (non-hydrogen) atoms. The van der Waals surface area contributed by atoms with E-state index in [0.717, 1.165) is 27.7 Å². The number of H-pyrrole nitrogens is 1. The summed E-state index contributed by atoms with van der Waals surface area (Å²) in [7, 11) is 0. The standard InChI is InChI=1S/C21H15Cl2FN2/c1-12(19-17(22)7-8-18(24)20(19)23)16-11-26-21-15(16)9-14(10-25-21)13-5-3-2-4-6-13/h2-12H,1H3,(H,25,26). The van der Waals surface area contributed by atoms with Crippen LogP contribution in [0.1, 0.15) is 24.0 Å². The maximum absolute atomic E-state index is 13.9. The van der Waals surface area contributed by atoms with E-state index in [0.29, 0.717) is 10.6 Å². The third-order valence-electron chi connectivity index (χ3n) is 4.65. The fraction of sp³-hybridized carbons (Fsp3) is 0.0952. The van der Waals surface area contributed by atoms with Crippen molar-refractivity contribution in [2.45, 2.75) is 12.8 Å². The number of benzene rings is 2. The van der Waals surface area contributed by atoms with Gasteiger partial charge in [0, 0.05) is 34.3 Å². The summed E-state index contributed by atoms with van der Waals surface area (Å²) >= 11 is 12.5. The maximum Gasteiger partial charge on any atom is 0.142 e. The summed E-state index contributed by atoms with van der Waals surface area (Å²) in [5, 5.41) is 1.48. The zero-order valence-electron chi connectivity index (χ0n) is 13.9. The van der Waals surface area contributed by atoms with Gasteiger partial charge in [0.2, 0.25) is 0 Å². The highest BCUT2D eigenvalue weighted by Gasteiger charge is 2.21. The number of nitrogens with zero attached hydrogens (tertiary/aromatic N) is 1. The molecule has 4 rings (SSSR count). The highest BCUT2D eigenvalue weighted by atomic mass is 35.5. The summed E-state index contributed by atoms with van der Waals surface area (Å²) in [6.07, 6.45) is 3.72. The second kappa shape index (κ2) is 6.75. The van der Waals surface area contributed by atoms with Crippen LogP contribution in [0.4, 0.5) is 4.39 Å². The topological polar surface area (TPSA) is 28.7 Å². The van der Waals surface area contributed by atoms with E-state index in [1.807, 2.05) is 49.6 Å². The summed E-state index contributed by atoms with van der Waals surface area (Å²) in [4.78, 5) is 7.70. The normalized spacial score (nSPS) is 12.5. The van der Waals surface area contributed by atoms with Crippen molar-refractivity contribution in [1.82, 2.24) is 9.97 Å². The van der Waals surface area contributed by atoms with Crippen LogP contribution < -0.4 is 0 Å².